The van der Waals surface area contributed by atoms with Crippen molar-refractivity contribution in [1.82, 2.24) is 5.09 Å². The van der Waals surface area contributed by atoms with Crippen LogP contribution in [0.4, 0.5) is 5.69 Å². The Bertz CT molecular complexity index is 524. The molecule has 0 radical (unpaired) electrons. The molecule has 1 rings (SSSR count). The van der Waals surface area contributed by atoms with Gasteiger partial charge in [-0.2, -0.15) is 0 Å². The number of thiocarbonyl (C=S) groups is 1. The van der Waals surface area contributed by atoms with Crippen molar-refractivity contribution in [2.24, 2.45) is 0 Å². The summed E-state index contributed by atoms with van der Waals surface area (Å²) in [7, 11) is 0. The standard InChI is InChI=1S/C13H21N2O3PS2/c1-9(2)17-19(21,18-10(3)4)15-13(20)14-11-7-5-6-8-12(11)16/h5-10,16H,1-4H3,(H2,14,15,20,21). The Labute approximate surface area is 136 Å². The van der Waals surface area contributed by atoms with Crippen molar-refractivity contribution in [3.8, 4) is 5.75 Å². The molecule has 0 atom stereocenters. The normalized spacial score (nSPS) is 11.7. The molecule has 1 aromatic carbocycles. The maximum Gasteiger partial charge on any atom is 0.289 e. The summed E-state index contributed by atoms with van der Waals surface area (Å²) in [6.07, 6.45) is -0.176. The Balaban J connectivity index is 2.77. The van der Waals surface area contributed by atoms with Gasteiger partial charge in [0, 0.05) is 0 Å². The number of nitrogens with one attached hydrogen (secondary N) is 2. The van der Waals surface area contributed by atoms with Gasteiger partial charge in [0.1, 0.15) is 5.75 Å². The Hall–Kier alpha value is -0.720. The predicted molar refractivity (Wildman–Crippen MR) is 94.2 cm³/mol. The van der Waals surface area contributed by atoms with Crippen molar-refractivity contribution in [2.45, 2.75) is 39.9 Å². The molecule has 0 saturated carbocycles. The summed E-state index contributed by atoms with van der Waals surface area (Å²) >= 11 is 10.7. The second-order valence-electron chi connectivity index (χ2n) is 4.89. The average Bonchev–Trinajstić information content (AvgIpc) is 2.28. The van der Waals surface area contributed by atoms with Crippen molar-refractivity contribution < 1.29 is 14.2 Å². The van der Waals surface area contributed by atoms with E-state index < -0.39 is 6.64 Å². The molecule has 0 aliphatic heterocycles. The first-order chi connectivity index (χ1) is 9.72. The lowest BCUT2D eigenvalue weighted by Crippen LogP contribution is -2.29. The Kier molecular flexibility index (Phi) is 7.03. The van der Waals surface area contributed by atoms with Gasteiger partial charge in [-0.05, 0) is 63.9 Å². The van der Waals surface area contributed by atoms with Crippen LogP contribution in [-0.2, 0) is 20.9 Å². The third kappa shape index (κ3) is 6.72. The van der Waals surface area contributed by atoms with E-state index in [2.05, 4.69) is 10.4 Å². The van der Waals surface area contributed by atoms with Crippen molar-refractivity contribution >= 4 is 41.5 Å². The van der Waals surface area contributed by atoms with Crippen LogP contribution in [0.15, 0.2) is 24.3 Å². The maximum absolute atomic E-state index is 9.72. The van der Waals surface area contributed by atoms with Crippen LogP contribution in [0.3, 0.4) is 0 Å². The number of rotatable bonds is 6. The van der Waals surface area contributed by atoms with Crippen molar-refractivity contribution in [2.75, 3.05) is 5.32 Å². The van der Waals surface area contributed by atoms with E-state index in [1.54, 1.807) is 24.3 Å². The molecule has 0 unspecified atom stereocenters. The average molecular weight is 348 g/mol. The molecule has 0 amide bonds. The molecule has 8 heteroatoms. The molecular formula is C13H21N2O3PS2. The molecule has 0 aliphatic carbocycles. The minimum atomic E-state index is -2.74. The van der Waals surface area contributed by atoms with Crippen molar-refractivity contribution in [1.29, 1.82) is 0 Å². The minimum absolute atomic E-state index is 0.0880. The number of aromatic hydroxyl groups is 1. The van der Waals surface area contributed by atoms with Gasteiger partial charge in [0.2, 0.25) is 0 Å². The van der Waals surface area contributed by atoms with E-state index in [0.717, 1.165) is 0 Å². The molecule has 0 fully saturated rings. The molecule has 0 saturated heterocycles. The Morgan fingerprint density at radius 3 is 2.14 bits per heavy atom. The lowest BCUT2D eigenvalue weighted by Gasteiger charge is -2.27. The highest BCUT2D eigenvalue weighted by atomic mass is 32.5. The van der Waals surface area contributed by atoms with Crippen molar-refractivity contribution in [3.63, 3.8) is 0 Å². The summed E-state index contributed by atoms with van der Waals surface area (Å²) in [5, 5.41) is 15.8. The minimum Gasteiger partial charge on any atom is -0.506 e. The fourth-order valence-corrected chi connectivity index (χ4v) is 5.01. The van der Waals surface area contributed by atoms with Crippen LogP contribution in [0.2, 0.25) is 0 Å². The van der Waals surface area contributed by atoms with E-state index in [1.165, 1.54) is 0 Å². The van der Waals surface area contributed by atoms with Crippen LogP contribution in [-0.4, -0.2) is 22.4 Å². The van der Waals surface area contributed by atoms with Crippen LogP contribution >= 0.6 is 18.9 Å². The van der Waals surface area contributed by atoms with Gasteiger partial charge < -0.3 is 19.5 Å². The molecule has 5 nitrogen and oxygen atoms in total. The van der Waals surface area contributed by atoms with E-state index in [-0.39, 0.29) is 23.1 Å². The zero-order chi connectivity index (χ0) is 16.0. The van der Waals surface area contributed by atoms with Crippen LogP contribution in [0, 0.1) is 0 Å². The van der Waals surface area contributed by atoms with Crippen LogP contribution in [0.25, 0.3) is 0 Å². The van der Waals surface area contributed by atoms with E-state index >= 15 is 0 Å². The largest absolute Gasteiger partial charge is 0.506 e. The molecule has 0 aromatic heterocycles. The summed E-state index contributed by atoms with van der Waals surface area (Å²) in [6.45, 7) is 4.78. The van der Waals surface area contributed by atoms with Crippen LogP contribution in [0.5, 0.6) is 5.75 Å². The number of hydrogen-bond donors (Lipinski definition) is 3. The van der Waals surface area contributed by atoms with E-state index in [1.807, 2.05) is 27.7 Å². The lowest BCUT2D eigenvalue weighted by atomic mass is 10.3. The SMILES string of the molecule is CC(C)OP(=S)(NC(=S)Nc1ccccc1O)OC(C)C. The summed E-state index contributed by atoms with van der Waals surface area (Å²) in [6, 6.07) is 6.79. The Morgan fingerprint density at radius 2 is 1.67 bits per heavy atom. The number of anilines is 1. The van der Waals surface area contributed by atoms with Gasteiger partial charge in [-0.25, -0.2) is 0 Å². The molecule has 21 heavy (non-hydrogen) atoms. The highest BCUT2D eigenvalue weighted by molar-refractivity contribution is 8.09. The molecule has 0 bridgehead atoms. The molecule has 0 spiro atoms. The molecule has 118 valence electrons. The lowest BCUT2D eigenvalue weighted by molar-refractivity contribution is 0.172. The highest BCUT2D eigenvalue weighted by Crippen LogP contribution is 2.46. The number of phenolic OH excluding ortho intramolecular Hbond substituents is 1. The molecule has 1 aromatic rings. The van der Waals surface area contributed by atoms with Crippen LogP contribution < -0.4 is 10.4 Å². The fourth-order valence-electron chi connectivity index (χ4n) is 1.49. The van der Waals surface area contributed by atoms with Gasteiger partial charge >= 0.3 is 0 Å². The topological polar surface area (TPSA) is 62.8 Å². The van der Waals surface area contributed by atoms with Gasteiger partial charge in [0.15, 0.2) is 5.11 Å². The number of para-hydroxylation sites is 2. The third-order valence-corrected chi connectivity index (χ3v) is 5.13. The van der Waals surface area contributed by atoms with Gasteiger partial charge in [-0.3, -0.25) is 5.09 Å². The zero-order valence-corrected chi connectivity index (χ0v) is 15.0. The summed E-state index contributed by atoms with van der Waals surface area (Å²) in [5.41, 5.74) is 0.491. The summed E-state index contributed by atoms with van der Waals surface area (Å²) in [5.74, 6) is 0.101. The van der Waals surface area contributed by atoms with Crippen molar-refractivity contribution in [3.05, 3.63) is 24.3 Å². The molecular weight excluding hydrogens is 327 g/mol. The molecule has 0 aliphatic rings. The number of hydrogen-bond acceptors (Lipinski definition) is 5. The first-order valence-corrected chi connectivity index (χ1v) is 9.60. The van der Waals surface area contributed by atoms with E-state index in [0.29, 0.717) is 5.69 Å². The quantitative estimate of drug-likeness (QED) is 0.411. The predicted octanol–water partition coefficient (Wildman–Crippen LogP) is 3.75. The summed E-state index contributed by atoms with van der Waals surface area (Å²) in [4.78, 5) is 0. The Morgan fingerprint density at radius 1 is 1.14 bits per heavy atom. The second kappa shape index (κ2) is 8.06. The van der Waals surface area contributed by atoms with Crippen LogP contribution in [0.1, 0.15) is 27.7 Å². The van der Waals surface area contributed by atoms with Gasteiger partial charge in [-0.15, -0.1) is 0 Å². The fraction of sp³-hybridized carbons (Fsp3) is 0.462. The molecule has 3 N–H and O–H groups in total. The monoisotopic (exact) mass is 348 g/mol. The highest BCUT2D eigenvalue weighted by Gasteiger charge is 2.24. The van der Waals surface area contributed by atoms with E-state index in [9.17, 15) is 5.11 Å². The number of phenols is 1. The van der Waals surface area contributed by atoms with Gasteiger partial charge in [0.25, 0.3) is 6.64 Å². The second-order valence-corrected chi connectivity index (χ2v) is 8.38. The first-order valence-electron chi connectivity index (χ1n) is 6.56. The van der Waals surface area contributed by atoms with Gasteiger partial charge in [0.05, 0.1) is 17.9 Å². The summed E-state index contributed by atoms with van der Waals surface area (Å²) < 4.78 is 11.4. The number of benzene rings is 1. The zero-order valence-electron chi connectivity index (χ0n) is 12.5. The molecule has 0 heterocycles. The smallest absolute Gasteiger partial charge is 0.289 e. The maximum atomic E-state index is 9.72. The van der Waals surface area contributed by atoms with Gasteiger partial charge in [-0.1, -0.05) is 12.1 Å². The first kappa shape index (κ1) is 18.3. The third-order valence-electron chi connectivity index (χ3n) is 2.09. The van der Waals surface area contributed by atoms with E-state index in [4.69, 9.17) is 33.1 Å².